The summed E-state index contributed by atoms with van der Waals surface area (Å²) >= 11 is 0. The van der Waals surface area contributed by atoms with Gasteiger partial charge in [0.2, 0.25) is 0 Å². The third kappa shape index (κ3) is 1.05. The second-order valence-corrected chi connectivity index (χ2v) is 4.37. The summed E-state index contributed by atoms with van der Waals surface area (Å²) < 4.78 is 0. The monoisotopic (exact) mass is 134 g/mol. The van der Waals surface area contributed by atoms with Gasteiger partial charge >= 0.3 is 0 Å². The van der Waals surface area contributed by atoms with Crippen molar-refractivity contribution >= 4 is 31.4 Å². The van der Waals surface area contributed by atoms with Crippen LogP contribution in [-0.2, 0) is 0 Å². The van der Waals surface area contributed by atoms with E-state index in [1.165, 1.54) is 12.8 Å². The van der Waals surface area contributed by atoms with E-state index in [4.69, 9.17) is 0 Å². The molecule has 1 N–H and O–H groups in total. The third-order valence-corrected chi connectivity index (χ3v) is 3.11. The Balaban J connectivity index is 2.70. The first kappa shape index (κ1) is 8.32. The summed E-state index contributed by atoms with van der Waals surface area (Å²) in [6.07, 6.45) is 2.41. The van der Waals surface area contributed by atoms with Crippen molar-refractivity contribution in [2.24, 2.45) is 5.41 Å². The maximum atomic E-state index is 9.78. The fourth-order valence-corrected chi connectivity index (χ4v) is 2.03. The Hall–Kier alpha value is 0.220. The first-order valence-electron chi connectivity index (χ1n) is 4.12. The lowest BCUT2D eigenvalue weighted by atomic mass is 9.46. The summed E-state index contributed by atoms with van der Waals surface area (Å²) in [7, 11) is 8.26. The van der Waals surface area contributed by atoms with Crippen LogP contribution < -0.4 is 0 Å². The molecule has 0 bridgehead atoms. The molecule has 0 radical (unpaired) electrons. The zero-order chi connectivity index (χ0) is 7.99. The zero-order valence-corrected chi connectivity index (χ0v) is 7.44. The Bertz CT molecular complexity index is 135. The summed E-state index contributed by atoms with van der Waals surface area (Å²) in [5, 5.41) is 9.31. The average Bonchev–Trinajstić information content (AvgIpc) is 2.36. The van der Waals surface area contributed by atoms with Crippen molar-refractivity contribution in [1.29, 1.82) is 0 Å². The van der Waals surface area contributed by atoms with Crippen LogP contribution in [0.5, 0.6) is 0 Å². The van der Waals surface area contributed by atoms with Crippen LogP contribution >= 0.6 is 0 Å². The highest BCUT2D eigenvalue weighted by Gasteiger charge is 2.54. The lowest BCUT2D eigenvalue weighted by Crippen LogP contribution is -2.43. The molecule has 5 heteroatoms. The van der Waals surface area contributed by atoms with Crippen LogP contribution in [0, 0.1) is 5.41 Å². The van der Waals surface area contributed by atoms with Gasteiger partial charge in [-0.05, 0) is 18.3 Å². The van der Waals surface area contributed by atoms with Crippen LogP contribution in [-0.4, -0.2) is 41.9 Å². The lowest BCUT2D eigenvalue weighted by Gasteiger charge is -2.33. The third-order valence-electron chi connectivity index (χ3n) is 3.11. The summed E-state index contributed by atoms with van der Waals surface area (Å²) in [4.78, 5) is 0. The minimum absolute atomic E-state index is 0.243. The van der Waals surface area contributed by atoms with Gasteiger partial charge in [-0.3, -0.25) is 0 Å². The summed E-state index contributed by atoms with van der Waals surface area (Å²) in [5.41, 5.74) is 0.861. The minimum Gasteiger partial charge on any atom is -0.407 e. The van der Waals surface area contributed by atoms with E-state index in [2.05, 4.69) is 15.7 Å². The smallest absolute Gasteiger partial charge is 0.132 e. The predicted octanol–water partition coefficient (Wildman–Crippen LogP) is -3.31. The Morgan fingerprint density at radius 1 is 1.30 bits per heavy atom. The van der Waals surface area contributed by atoms with Crippen molar-refractivity contribution in [3.05, 3.63) is 0 Å². The van der Waals surface area contributed by atoms with Gasteiger partial charge in [0.05, 0.1) is 15.7 Å². The molecular weight excluding hydrogens is 119 g/mol. The molecule has 0 aliphatic heterocycles. The quantitative estimate of drug-likeness (QED) is 0.391. The minimum atomic E-state index is -0.471. The van der Waals surface area contributed by atoms with Gasteiger partial charge in [0, 0.05) is 5.40 Å². The molecule has 0 heterocycles. The van der Waals surface area contributed by atoms with E-state index in [-0.39, 0.29) is 5.41 Å². The van der Waals surface area contributed by atoms with Crippen molar-refractivity contribution in [2.75, 3.05) is 0 Å². The Morgan fingerprint density at radius 3 is 1.70 bits per heavy atom. The second kappa shape index (κ2) is 2.10. The Kier molecular flexibility index (Phi) is 1.75. The Labute approximate surface area is 66.6 Å². The normalized spacial score (nSPS) is 23.0. The van der Waals surface area contributed by atoms with E-state index >= 15 is 0 Å². The van der Waals surface area contributed by atoms with Crippen LogP contribution in [0.25, 0.3) is 0 Å². The SMILES string of the molecule is BC(B)C1(C(B)(B)O)CC1. The number of aliphatic hydroxyl groups is 1. The van der Waals surface area contributed by atoms with Crippen molar-refractivity contribution in [3.8, 4) is 0 Å². The molecule has 1 fully saturated rings. The van der Waals surface area contributed by atoms with E-state index in [1.807, 2.05) is 15.7 Å². The first-order valence-corrected chi connectivity index (χ1v) is 4.12. The predicted molar refractivity (Wildman–Crippen MR) is 54.5 cm³/mol. The van der Waals surface area contributed by atoms with Gasteiger partial charge in [-0.1, -0.05) is 5.72 Å². The molecule has 0 unspecified atom stereocenters. The van der Waals surface area contributed by atoms with Crippen molar-refractivity contribution < 1.29 is 5.11 Å². The highest BCUT2D eigenvalue weighted by molar-refractivity contribution is 6.43. The fraction of sp³-hybridized carbons (Fsp3) is 1.00. The second-order valence-electron chi connectivity index (χ2n) is 4.37. The van der Waals surface area contributed by atoms with Gasteiger partial charge in [-0.25, -0.2) is 0 Å². The summed E-state index contributed by atoms with van der Waals surface area (Å²) in [5.74, 6) is 0. The summed E-state index contributed by atoms with van der Waals surface area (Å²) in [6, 6.07) is 0. The van der Waals surface area contributed by atoms with Gasteiger partial charge < -0.3 is 5.11 Å². The van der Waals surface area contributed by atoms with Crippen LogP contribution in [0.1, 0.15) is 12.8 Å². The van der Waals surface area contributed by atoms with Crippen LogP contribution in [0.15, 0.2) is 0 Å². The van der Waals surface area contributed by atoms with Gasteiger partial charge in [0.15, 0.2) is 0 Å². The molecule has 10 heavy (non-hydrogen) atoms. The lowest BCUT2D eigenvalue weighted by molar-refractivity contribution is 0.133. The van der Waals surface area contributed by atoms with E-state index in [0.29, 0.717) is 5.72 Å². The highest BCUT2D eigenvalue weighted by Crippen LogP contribution is 2.57. The first-order chi connectivity index (χ1) is 4.40. The molecule has 1 saturated carbocycles. The molecule has 0 spiro atoms. The van der Waals surface area contributed by atoms with E-state index < -0.39 is 5.40 Å². The molecule has 0 amide bonds. The molecule has 1 aliphatic carbocycles. The van der Waals surface area contributed by atoms with Gasteiger partial charge in [0.1, 0.15) is 15.7 Å². The molecular formula is C5H14B4O. The maximum Gasteiger partial charge on any atom is 0.132 e. The molecule has 1 aliphatic rings. The molecule has 0 aromatic carbocycles. The average molecular weight is 133 g/mol. The number of hydrogen-bond acceptors (Lipinski definition) is 1. The van der Waals surface area contributed by atoms with Crippen LogP contribution in [0.3, 0.4) is 0 Å². The zero-order valence-electron chi connectivity index (χ0n) is 7.44. The van der Waals surface area contributed by atoms with E-state index in [0.717, 1.165) is 0 Å². The molecule has 0 aromatic heterocycles. The highest BCUT2D eigenvalue weighted by atomic mass is 16.3. The number of rotatable bonds is 2. The molecule has 1 nitrogen and oxygen atoms in total. The molecule has 0 saturated heterocycles. The van der Waals surface area contributed by atoms with Crippen molar-refractivity contribution in [2.45, 2.75) is 24.0 Å². The molecule has 0 atom stereocenters. The topological polar surface area (TPSA) is 20.2 Å². The Morgan fingerprint density at radius 2 is 1.70 bits per heavy atom. The standard InChI is InChI=1S/C5H14B4O/c6-3(7)4(1-2-4)5(8,9)10/h3,10H,1-2,6-9H2. The van der Waals surface area contributed by atoms with Crippen molar-refractivity contribution in [1.82, 2.24) is 0 Å². The fourth-order valence-electron chi connectivity index (χ4n) is 2.03. The van der Waals surface area contributed by atoms with Crippen LogP contribution in [0.4, 0.5) is 0 Å². The van der Waals surface area contributed by atoms with E-state index in [9.17, 15) is 5.11 Å². The van der Waals surface area contributed by atoms with Gasteiger partial charge in [-0.2, -0.15) is 0 Å². The van der Waals surface area contributed by atoms with Crippen molar-refractivity contribution in [3.63, 3.8) is 0 Å². The molecule has 1 rings (SSSR count). The summed E-state index contributed by atoms with van der Waals surface area (Å²) in [6.45, 7) is 0. The maximum absolute atomic E-state index is 9.78. The van der Waals surface area contributed by atoms with Gasteiger partial charge in [-0.15, -0.1) is 0 Å². The number of hydrogen-bond donors (Lipinski definition) is 1. The van der Waals surface area contributed by atoms with Gasteiger partial charge in [0.25, 0.3) is 0 Å². The van der Waals surface area contributed by atoms with Crippen LogP contribution in [0.2, 0.25) is 5.72 Å². The largest absolute Gasteiger partial charge is 0.407 e. The molecule has 52 valence electrons. The molecule has 0 aromatic rings. The van der Waals surface area contributed by atoms with E-state index in [1.54, 1.807) is 0 Å².